The molecule has 0 radical (unpaired) electrons. The Morgan fingerprint density at radius 1 is 1.20 bits per heavy atom. The SMILES string of the molecule is CN=C(NCc1ccc(OC)cc1)NC1CCCCC1. The zero-order chi connectivity index (χ0) is 14.2. The fraction of sp³-hybridized carbons (Fsp3) is 0.562. The molecule has 4 nitrogen and oxygen atoms in total. The molecule has 0 atom stereocenters. The Morgan fingerprint density at radius 3 is 2.50 bits per heavy atom. The maximum absolute atomic E-state index is 5.16. The molecule has 1 fully saturated rings. The molecule has 1 aliphatic rings. The van der Waals surface area contributed by atoms with Gasteiger partial charge < -0.3 is 15.4 Å². The summed E-state index contributed by atoms with van der Waals surface area (Å²) in [7, 11) is 3.51. The highest BCUT2D eigenvalue weighted by molar-refractivity contribution is 5.79. The molecule has 1 aromatic rings. The van der Waals surface area contributed by atoms with Gasteiger partial charge in [-0.05, 0) is 30.5 Å². The topological polar surface area (TPSA) is 45.7 Å². The molecule has 2 rings (SSSR count). The summed E-state index contributed by atoms with van der Waals surface area (Å²) in [5, 5.41) is 6.88. The Balaban J connectivity index is 1.80. The summed E-state index contributed by atoms with van der Waals surface area (Å²) in [5.74, 6) is 1.78. The molecular weight excluding hydrogens is 250 g/mol. The maximum Gasteiger partial charge on any atom is 0.191 e. The van der Waals surface area contributed by atoms with Gasteiger partial charge in [0.1, 0.15) is 5.75 Å². The van der Waals surface area contributed by atoms with Gasteiger partial charge in [-0.1, -0.05) is 31.4 Å². The van der Waals surface area contributed by atoms with E-state index in [9.17, 15) is 0 Å². The van der Waals surface area contributed by atoms with Crippen molar-refractivity contribution in [3.8, 4) is 5.75 Å². The van der Waals surface area contributed by atoms with Gasteiger partial charge in [0.05, 0.1) is 7.11 Å². The first-order valence-electron chi connectivity index (χ1n) is 7.42. The largest absolute Gasteiger partial charge is 0.497 e. The molecule has 0 aromatic heterocycles. The lowest BCUT2D eigenvalue weighted by Gasteiger charge is -2.24. The fourth-order valence-corrected chi connectivity index (χ4v) is 2.56. The van der Waals surface area contributed by atoms with Gasteiger partial charge in [0.15, 0.2) is 5.96 Å². The van der Waals surface area contributed by atoms with Crippen LogP contribution in [0.15, 0.2) is 29.3 Å². The Morgan fingerprint density at radius 2 is 1.90 bits per heavy atom. The fourth-order valence-electron chi connectivity index (χ4n) is 2.56. The van der Waals surface area contributed by atoms with E-state index < -0.39 is 0 Å². The lowest BCUT2D eigenvalue weighted by Crippen LogP contribution is -2.43. The minimum Gasteiger partial charge on any atom is -0.497 e. The molecule has 2 N–H and O–H groups in total. The lowest BCUT2D eigenvalue weighted by atomic mass is 9.96. The van der Waals surface area contributed by atoms with Crippen molar-refractivity contribution in [1.82, 2.24) is 10.6 Å². The zero-order valence-corrected chi connectivity index (χ0v) is 12.5. The first-order valence-corrected chi connectivity index (χ1v) is 7.42. The van der Waals surface area contributed by atoms with Crippen molar-refractivity contribution < 1.29 is 4.74 Å². The Labute approximate surface area is 121 Å². The van der Waals surface area contributed by atoms with Crippen LogP contribution in [0, 0.1) is 0 Å². The van der Waals surface area contributed by atoms with Gasteiger partial charge >= 0.3 is 0 Å². The summed E-state index contributed by atoms with van der Waals surface area (Å²) in [6.45, 7) is 0.774. The van der Waals surface area contributed by atoms with Gasteiger partial charge in [0.2, 0.25) is 0 Å². The quantitative estimate of drug-likeness (QED) is 0.656. The number of nitrogens with one attached hydrogen (secondary N) is 2. The van der Waals surface area contributed by atoms with Gasteiger partial charge in [-0.2, -0.15) is 0 Å². The van der Waals surface area contributed by atoms with Crippen molar-refractivity contribution in [3.63, 3.8) is 0 Å². The van der Waals surface area contributed by atoms with Crippen LogP contribution in [0.3, 0.4) is 0 Å². The van der Waals surface area contributed by atoms with Crippen LogP contribution in [0.2, 0.25) is 0 Å². The lowest BCUT2D eigenvalue weighted by molar-refractivity contribution is 0.410. The zero-order valence-electron chi connectivity index (χ0n) is 12.5. The molecule has 0 unspecified atom stereocenters. The Bertz CT molecular complexity index is 422. The van der Waals surface area contributed by atoms with Gasteiger partial charge in [-0.15, -0.1) is 0 Å². The monoisotopic (exact) mass is 275 g/mol. The summed E-state index contributed by atoms with van der Waals surface area (Å²) in [6.07, 6.45) is 6.53. The summed E-state index contributed by atoms with van der Waals surface area (Å²) < 4.78 is 5.16. The van der Waals surface area contributed by atoms with Crippen LogP contribution in [0.4, 0.5) is 0 Å². The first kappa shape index (κ1) is 14.7. The molecule has 1 aromatic carbocycles. The van der Waals surface area contributed by atoms with Gasteiger partial charge in [-0.25, -0.2) is 0 Å². The normalized spacial score (nSPS) is 16.8. The molecule has 0 bridgehead atoms. The van der Waals surface area contributed by atoms with Crippen molar-refractivity contribution in [1.29, 1.82) is 0 Å². The van der Waals surface area contributed by atoms with E-state index in [2.05, 4.69) is 27.8 Å². The minimum atomic E-state index is 0.575. The van der Waals surface area contributed by atoms with E-state index in [0.717, 1.165) is 18.3 Å². The van der Waals surface area contributed by atoms with Gasteiger partial charge in [-0.3, -0.25) is 4.99 Å². The highest BCUT2D eigenvalue weighted by Gasteiger charge is 2.14. The molecular formula is C16H25N3O. The van der Waals surface area contributed by atoms with Crippen LogP contribution in [-0.4, -0.2) is 26.2 Å². The molecule has 0 amide bonds. The number of hydrogen-bond acceptors (Lipinski definition) is 2. The number of aliphatic imine (C=N–C) groups is 1. The standard InChI is InChI=1S/C16H25N3O/c1-17-16(19-14-6-4-3-5-7-14)18-12-13-8-10-15(20-2)11-9-13/h8-11,14H,3-7,12H2,1-2H3,(H2,17,18,19). The smallest absolute Gasteiger partial charge is 0.191 e. The van der Waals surface area contributed by atoms with E-state index in [1.54, 1.807) is 7.11 Å². The first-order chi connectivity index (χ1) is 9.81. The molecule has 0 heterocycles. The number of nitrogens with zero attached hydrogens (tertiary/aromatic N) is 1. The number of guanidine groups is 1. The van der Waals surface area contributed by atoms with Gasteiger partial charge in [0, 0.05) is 19.6 Å². The molecule has 0 aliphatic heterocycles. The molecule has 0 saturated heterocycles. The highest BCUT2D eigenvalue weighted by Crippen LogP contribution is 2.17. The maximum atomic E-state index is 5.16. The average molecular weight is 275 g/mol. The van der Waals surface area contributed by atoms with Crippen LogP contribution in [-0.2, 0) is 6.54 Å². The summed E-state index contributed by atoms with van der Waals surface area (Å²) in [6, 6.07) is 8.67. The second kappa shape index (κ2) is 7.78. The van der Waals surface area contributed by atoms with Crippen LogP contribution in [0.25, 0.3) is 0 Å². The number of methoxy groups -OCH3 is 1. The van der Waals surface area contributed by atoms with Crippen molar-refractivity contribution in [3.05, 3.63) is 29.8 Å². The van der Waals surface area contributed by atoms with Crippen molar-refractivity contribution >= 4 is 5.96 Å². The van der Waals surface area contributed by atoms with Gasteiger partial charge in [0.25, 0.3) is 0 Å². The average Bonchev–Trinajstić information content (AvgIpc) is 2.53. The second-order valence-electron chi connectivity index (χ2n) is 5.25. The predicted octanol–water partition coefficient (Wildman–Crippen LogP) is 2.69. The van der Waals surface area contributed by atoms with E-state index in [1.807, 2.05) is 19.2 Å². The third-order valence-electron chi connectivity index (χ3n) is 3.79. The van der Waals surface area contributed by atoms with E-state index in [1.165, 1.54) is 37.7 Å². The number of rotatable bonds is 4. The van der Waals surface area contributed by atoms with Crippen LogP contribution < -0.4 is 15.4 Å². The highest BCUT2D eigenvalue weighted by atomic mass is 16.5. The van der Waals surface area contributed by atoms with E-state index >= 15 is 0 Å². The molecule has 4 heteroatoms. The second-order valence-corrected chi connectivity index (χ2v) is 5.25. The molecule has 0 spiro atoms. The van der Waals surface area contributed by atoms with Crippen LogP contribution >= 0.6 is 0 Å². The summed E-state index contributed by atoms with van der Waals surface area (Å²) in [4.78, 5) is 4.30. The number of benzene rings is 1. The molecule has 1 aliphatic carbocycles. The van der Waals surface area contributed by atoms with Crippen LogP contribution in [0.1, 0.15) is 37.7 Å². The molecule has 110 valence electrons. The van der Waals surface area contributed by atoms with Crippen molar-refractivity contribution in [2.75, 3.05) is 14.2 Å². The third-order valence-corrected chi connectivity index (χ3v) is 3.79. The molecule has 20 heavy (non-hydrogen) atoms. The van der Waals surface area contributed by atoms with E-state index in [-0.39, 0.29) is 0 Å². The number of hydrogen-bond donors (Lipinski definition) is 2. The van der Waals surface area contributed by atoms with E-state index in [4.69, 9.17) is 4.74 Å². The summed E-state index contributed by atoms with van der Waals surface area (Å²) in [5.41, 5.74) is 1.22. The van der Waals surface area contributed by atoms with Crippen molar-refractivity contribution in [2.24, 2.45) is 4.99 Å². The number of ether oxygens (including phenoxy) is 1. The Kier molecular flexibility index (Phi) is 5.71. The van der Waals surface area contributed by atoms with E-state index in [0.29, 0.717) is 6.04 Å². The summed E-state index contributed by atoms with van der Waals surface area (Å²) >= 11 is 0. The minimum absolute atomic E-state index is 0.575. The predicted molar refractivity (Wildman–Crippen MR) is 83.2 cm³/mol. The third kappa shape index (κ3) is 4.44. The molecule has 1 saturated carbocycles. The van der Waals surface area contributed by atoms with Crippen LogP contribution in [0.5, 0.6) is 5.75 Å². The van der Waals surface area contributed by atoms with Crippen molar-refractivity contribution in [2.45, 2.75) is 44.7 Å². The Hall–Kier alpha value is -1.71.